The van der Waals surface area contributed by atoms with Gasteiger partial charge >= 0.3 is 0 Å². The fraction of sp³-hybridized carbons (Fsp3) is 0.455. The van der Waals surface area contributed by atoms with Crippen LogP contribution >= 0.6 is 0 Å². The highest BCUT2D eigenvalue weighted by Gasteiger charge is 2.13. The summed E-state index contributed by atoms with van der Waals surface area (Å²) in [6.45, 7) is 2.95. The molecule has 5 nitrogen and oxygen atoms in total. The van der Waals surface area contributed by atoms with E-state index in [0.717, 1.165) is 0 Å². The molecule has 0 aliphatic carbocycles. The van der Waals surface area contributed by atoms with Gasteiger partial charge in [0.15, 0.2) is 0 Å². The van der Waals surface area contributed by atoms with Crippen LogP contribution in [0.3, 0.4) is 0 Å². The van der Waals surface area contributed by atoms with Crippen molar-refractivity contribution in [2.24, 2.45) is 0 Å². The number of pyridine rings is 1. The quantitative estimate of drug-likeness (QED) is 0.751. The van der Waals surface area contributed by atoms with Gasteiger partial charge in [-0.15, -0.1) is 0 Å². The number of rotatable bonds is 5. The van der Waals surface area contributed by atoms with Gasteiger partial charge in [-0.3, -0.25) is 9.59 Å². The number of aliphatic hydroxyl groups is 1. The Hall–Kier alpha value is -1.62. The van der Waals surface area contributed by atoms with Crippen LogP contribution in [0.5, 0.6) is 0 Å². The van der Waals surface area contributed by atoms with Crippen LogP contribution in [0.15, 0.2) is 23.0 Å². The number of carbonyl (C=O) groups excluding carboxylic acids is 1. The molecule has 0 aliphatic heterocycles. The van der Waals surface area contributed by atoms with E-state index in [2.05, 4.69) is 4.98 Å². The lowest BCUT2D eigenvalue weighted by molar-refractivity contribution is 0.0748. The monoisotopic (exact) mass is 224 g/mol. The van der Waals surface area contributed by atoms with Crippen LogP contribution in [0.4, 0.5) is 0 Å². The van der Waals surface area contributed by atoms with E-state index in [9.17, 15) is 9.59 Å². The van der Waals surface area contributed by atoms with E-state index in [1.807, 2.05) is 6.92 Å². The van der Waals surface area contributed by atoms with Crippen molar-refractivity contribution in [1.82, 2.24) is 9.88 Å². The Morgan fingerprint density at radius 3 is 2.81 bits per heavy atom. The summed E-state index contributed by atoms with van der Waals surface area (Å²) in [4.78, 5) is 27.0. The molecule has 1 aromatic heterocycles. The minimum Gasteiger partial charge on any atom is -0.396 e. The Morgan fingerprint density at radius 1 is 1.50 bits per heavy atom. The van der Waals surface area contributed by atoms with Gasteiger partial charge in [-0.25, -0.2) is 0 Å². The summed E-state index contributed by atoms with van der Waals surface area (Å²) in [5, 5.41) is 8.71. The van der Waals surface area contributed by atoms with E-state index in [4.69, 9.17) is 5.11 Å². The van der Waals surface area contributed by atoms with Crippen molar-refractivity contribution in [3.05, 3.63) is 34.2 Å². The van der Waals surface area contributed by atoms with E-state index in [0.29, 0.717) is 19.5 Å². The van der Waals surface area contributed by atoms with Gasteiger partial charge in [-0.1, -0.05) is 6.07 Å². The van der Waals surface area contributed by atoms with E-state index >= 15 is 0 Å². The van der Waals surface area contributed by atoms with Crippen LogP contribution in [0, 0.1) is 0 Å². The smallest absolute Gasteiger partial charge is 0.270 e. The van der Waals surface area contributed by atoms with Crippen molar-refractivity contribution >= 4 is 5.91 Å². The number of amides is 1. The number of nitrogens with one attached hydrogen (secondary N) is 1. The standard InChI is InChI=1S/C11H16N2O3/c1-2-13(7-4-8-14)11(16)9-5-3-6-10(15)12-9/h3,5-6,14H,2,4,7-8H2,1H3,(H,12,15). The van der Waals surface area contributed by atoms with Crippen LogP contribution in [0.1, 0.15) is 23.8 Å². The zero-order chi connectivity index (χ0) is 12.0. The van der Waals surface area contributed by atoms with Crippen molar-refractivity contribution in [1.29, 1.82) is 0 Å². The molecular weight excluding hydrogens is 208 g/mol. The molecule has 1 heterocycles. The fourth-order valence-corrected chi connectivity index (χ4v) is 1.41. The van der Waals surface area contributed by atoms with Crippen molar-refractivity contribution in [3.8, 4) is 0 Å². The first-order valence-corrected chi connectivity index (χ1v) is 5.28. The van der Waals surface area contributed by atoms with Gasteiger partial charge in [0.1, 0.15) is 5.69 Å². The predicted molar refractivity (Wildman–Crippen MR) is 60.3 cm³/mol. The van der Waals surface area contributed by atoms with Crippen LogP contribution in [-0.2, 0) is 0 Å². The molecule has 1 rings (SSSR count). The number of hydrogen-bond donors (Lipinski definition) is 2. The zero-order valence-corrected chi connectivity index (χ0v) is 9.27. The van der Waals surface area contributed by atoms with Crippen LogP contribution in [0.25, 0.3) is 0 Å². The molecule has 0 saturated heterocycles. The summed E-state index contributed by atoms with van der Waals surface area (Å²) in [5.74, 6) is -0.214. The zero-order valence-electron chi connectivity index (χ0n) is 9.27. The third-order valence-electron chi connectivity index (χ3n) is 2.25. The minimum absolute atomic E-state index is 0.0507. The largest absolute Gasteiger partial charge is 0.396 e. The third-order valence-corrected chi connectivity index (χ3v) is 2.25. The third kappa shape index (κ3) is 3.20. The molecule has 0 spiro atoms. The van der Waals surface area contributed by atoms with Gasteiger partial charge in [0.05, 0.1) is 0 Å². The van der Waals surface area contributed by atoms with Gasteiger partial charge in [0.2, 0.25) is 5.56 Å². The summed E-state index contributed by atoms with van der Waals surface area (Å²) in [6.07, 6.45) is 0.538. The lowest BCUT2D eigenvalue weighted by atomic mass is 10.3. The number of nitrogens with zero attached hydrogens (tertiary/aromatic N) is 1. The van der Waals surface area contributed by atoms with Crippen molar-refractivity contribution in [2.75, 3.05) is 19.7 Å². The molecule has 0 aliphatic rings. The molecule has 1 amide bonds. The predicted octanol–water partition coefficient (Wildman–Crippen LogP) is 0.219. The van der Waals surface area contributed by atoms with Gasteiger partial charge in [-0.05, 0) is 19.4 Å². The maximum atomic E-state index is 11.9. The first-order chi connectivity index (χ1) is 7.69. The highest BCUT2D eigenvalue weighted by molar-refractivity contribution is 5.92. The summed E-state index contributed by atoms with van der Waals surface area (Å²) in [6, 6.07) is 4.48. The number of H-pyrrole nitrogens is 1. The maximum absolute atomic E-state index is 11.9. The fourth-order valence-electron chi connectivity index (χ4n) is 1.41. The van der Waals surface area contributed by atoms with E-state index < -0.39 is 0 Å². The molecule has 16 heavy (non-hydrogen) atoms. The summed E-state index contributed by atoms with van der Waals surface area (Å²) in [5.41, 5.74) is -0.00338. The lowest BCUT2D eigenvalue weighted by Crippen LogP contribution is -2.33. The molecule has 0 fully saturated rings. The number of hydrogen-bond acceptors (Lipinski definition) is 3. The number of aromatic amines is 1. The van der Waals surface area contributed by atoms with Crippen molar-refractivity contribution in [3.63, 3.8) is 0 Å². The molecule has 2 N–H and O–H groups in total. The highest BCUT2D eigenvalue weighted by atomic mass is 16.3. The first kappa shape index (κ1) is 12.4. The van der Waals surface area contributed by atoms with Gasteiger partial charge in [0.25, 0.3) is 5.91 Å². The van der Waals surface area contributed by atoms with Gasteiger partial charge in [0, 0.05) is 25.8 Å². The minimum atomic E-state index is -0.288. The molecule has 0 radical (unpaired) electrons. The van der Waals surface area contributed by atoms with Crippen LogP contribution < -0.4 is 5.56 Å². The molecule has 0 aromatic carbocycles. The normalized spacial score (nSPS) is 10.1. The van der Waals surface area contributed by atoms with E-state index in [1.54, 1.807) is 17.0 Å². The Labute approximate surface area is 93.7 Å². The molecule has 5 heteroatoms. The number of aliphatic hydroxyl groups excluding tert-OH is 1. The molecular formula is C11H16N2O3. The average Bonchev–Trinajstić information content (AvgIpc) is 2.29. The molecule has 88 valence electrons. The Bertz CT molecular complexity index is 400. The average molecular weight is 224 g/mol. The Balaban J connectivity index is 2.78. The molecule has 1 aromatic rings. The first-order valence-electron chi connectivity index (χ1n) is 5.28. The number of carbonyl (C=O) groups is 1. The van der Waals surface area contributed by atoms with E-state index in [1.165, 1.54) is 6.07 Å². The molecule has 0 bridgehead atoms. The summed E-state index contributed by atoms with van der Waals surface area (Å²) < 4.78 is 0. The van der Waals surface area contributed by atoms with E-state index in [-0.39, 0.29) is 23.8 Å². The Morgan fingerprint density at radius 2 is 2.25 bits per heavy atom. The Kier molecular flexibility index (Phi) is 4.72. The number of aromatic nitrogens is 1. The lowest BCUT2D eigenvalue weighted by Gasteiger charge is -2.19. The summed E-state index contributed by atoms with van der Waals surface area (Å²) >= 11 is 0. The second-order valence-electron chi connectivity index (χ2n) is 3.39. The van der Waals surface area contributed by atoms with Gasteiger partial charge in [-0.2, -0.15) is 0 Å². The topological polar surface area (TPSA) is 73.4 Å². The molecule has 0 unspecified atom stereocenters. The maximum Gasteiger partial charge on any atom is 0.270 e. The second kappa shape index (κ2) is 6.07. The molecule has 0 saturated carbocycles. The van der Waals surface area contributed by atoms with Crippen LogP contribution in [-0.4, -0.2) is 40.6 Å². The second-order valence-corrected chi connectivity index (χ2v) is 3.39. The van der Waals surface area contributed by atoms with Crippen molar-refractivity contribution < 1.29 is 9.90 Å². The molecule has 0 atom stereocenters. The van der Waals surface area contributed by atoms with Crippen LogP contribution in [0.2, 0.25) is 0 Å². The van der Waals surface area contributed by atoms with Gasteiger partial charge < -0.3 is 15.0 Å². The summed E-state index contributed by atoms with van der Waals surface area (Å²) in [7, 11) is 0. The SMILES string of the molecule is CCN(CCCO)C(=O)c1cccc(=O)[nH]1. The van der Waals surface area contributed by atoms with Crippen molar-refractivity contribution in [2.45, 2.75) is 13.3 Å². The highest BCUT2D eigenvalue weighted by Crippen LogP contribution is 2.00.